The van der Waals surface area contributed by atoms with Crippen molar-refractivity contribution in [2.75, 3.05) is 63.7 Å². The first kappa shape index (κ1) is 20.1. The van der Waals surface area contributed by atoms with Crippen LogP contribution in [-0.4, -0.2) is 69.3 Å². The molecule has 0 saturated carbocycles. The third kappa shape index (κ3) is 5.68. The minimum atomic E-state index is -0.167. The topological polar surface area (TPSA) is 69.7 Å². The molecular formula is C21H29N5O2. The zero-order chi connectivity index (χ0) is 19.8. The molecule has 1 fully saturated rings. The van der Waals surface area contributed by atoms with Gasteiger partial charge in [0.25, 0.3) is 5.91 Å². The number of likely N-dealkylation sites (N-methyl/N-ethyl adjacent to an activating group) is 1. The van der Waals surface area contributed by atoms with Crippen molar-refractivity contribution >= 4 is 23.0 Å². The first-order valence-corrected chi connectivity index (χ1v) is 9.69. The highest BCUT2D eigenvalue weighted by Gasteiger charge is 2.14. The van der Waals surface area contributed by atoms with Gasteiger partial charge in [0, 0.05) is 57.8 Å². The van der Waals surface area contributed by atoms with Gasteiger partial charge in [-0.15, -0.1) is 0 Å². The van der Waals surface area contributed by atoms with Crippen molar-refractivity contribution in [1.82, 2.24) is 15.2 Å². The van der Waals surface area contributed by atoms with E-state index in [9.17, 15) is 4.79 Å². The number of amides is 1. The van der Waals surface area contributed by atoms with E-state index in [1.54, 1.807) is 19.4 Å². The van der Waals surface area contributed by atoms with E-state index in [-0.39, 0.29) is 5.91 Å². The number of anilines is 3. The number of carbonyl (C=O) groups is 1. The molecule has 1 aromatic carbocycles. The molecule has 0 atom stereocenters. The number of hydrogen-bond donors (Lipinski definition) is 2. The molecule has 0 unspecified atom stereocenters. The molecule has 2 heterocycles. The van der Waals surface area contributed by atoms with E-state index >= 15 is 0 Å². The second-order valence-corrected chi connectivity index (χ2v) is 7.00. The summed E-state index contributed by atoms with van der Waals surface area (Å²) in [5.41, 5.74) is 3.50. The molecule has 0 aliphatic carbocycles. The fourth-order valence-corrected chi connectivity index (χ4v) is 3.10. The summed E-state index contributed by atoms with van der Waals surface area (Å²) in [6.45, 7) is 5.51. The van der Waals surface area contributed by atoms with Gasteiger partial charge in [-0.1, -0.05) is 0 Å². The number of methoxy groups -OCH3 is 1. The zero-order valence-electron chi connectivity index (χ0n) is 16.6. The van der Waals surface area contributed by atoms with Gasteiger partial charge in [0.15, 0.2) is 0 Å². The normalized spacial score (nSPS) is 14.7. The van der Waals surface area contributed by atoms with E-state index < -0.39 is 0 Å². The number of benzene rings is 1. The van der Waals surface area contributed by atoms with Gasteiger partial charge >= 0.3 is 0 Å². The quantitative estimate of drug-likeness (QED) is 0.682. The van der Waals surface area contributed by atoms with E-state index in [1.807, 2.05) is 6.07 Å². The lowest BCUT2D eigenvalue weighted by Gasteiger charge is -2.34. The van der Waals surface area contributed by atoms with Crippen molar-refractivity contribution in [3.63, 3.8) is 0 Å². The molecular weight excluding hydrogens is 354 g/mol. The molecule has 3 rings (SSSR count). The smallest absolute Gasteiger partial charge is 0.269 e. The van der Waals surface area contributed by atoms with Crippen LogP contribution in [0, 0.1) is 0 Å². The molecule has 0 spiro atoms. The molecule has 1 aliphatic rings. The third-order valence-corrected chi connectivity index (χ3v) is 4.83. The van der Waals surface area contributed by atoms with Gasteiger partial charge in [0.2, 0.25) is 0 Å². The van der Waals surface area contributed by atoms with Crippen LogP contribution in [0.2, 0.25) is 0 Å². The number of nitrogens with zero attached hydrogens (tertiary/aromatic N) is 3. The Morgan fingerprint density at radius 3 is 2.43 bits per heavy atom. The number of nitrogens with one attached hydrogen (secondary N) is 2. The number of piperazine rings is 1. The van der Waals surface area contributed by atoms with Crippen LogP contribution in [0.4, 0.5) is 17.1 Å². The molecule has 7 nitrogen and oxygen atoms in total. The molecule has 1 aromatic heterocycles. The summed E-state index contributed by atoms with van der Waals surface area (Å²) in [4.78, 5) is 21.1. The summed E-state index contributed by atoms with van der Waals surface area (Å²) in [6.07, 6.45) is 2.46. The van der Waals surface area contributed by atoms with Crippen LogP contribution in [0.15, 0.2) is 42.6 Å². The Kier molecular flexibility index (Phi) is 7.22. The summed E-state index contributed by atoms with van der Waals surface area (Å²) in [5, 5.41) is 6.16. The maximum Gasteiger partial charge on any atom is 0.269 e. The minimum absolute atomic E-state index is 0.167. The second-order valence-electron chi connectivity index (χ2n) is 7.00. The van der Waals surface area contributed by atoms with Gasteiger partial charge in [0.1, 0.15) is 5.69 Å². The predicted molar refractivity (Wildman–Crippen MR) is 112 cm³/mol. The van der Waals surface area contributed by atoms with E-state index in [0.717, 1.165) is 44.0 Å². The monoisotopic (exact) mass is 383 g/mol. The van der Waals surface area contributed by atoms with Crippen LogP contribution < -0.4 is 15.5 Å². The first-order chi connectivity index (χ1) is 13.7. The number of pyridine rings is 1. The van der Waals surface area contributed by atoms with E-state index in [4.69, 9.17) is 4.74 Å². The maximum atomic E-state index is 12.0. The summed E-state index contributed by atoms with van der Waals surface area (Å²) < 4.78 is 4.97. The Balaban J connectivity index is 1.51. The highest BCUT2D eigenvalue weighted by atomic mass is 16.5. The number of rotatable bonds is 8. The van der Waals surface area contributed by atoms with Crippen LogP contribution in [-0.2, 0) is 4.74 Å². The van der Waals surface area contributed by atoms with Crippen LogP contribution >= 0.6 is 0 Å². The van der Waals surface area contributed by atoms with Crippen molar-refractivity contribution in [1.29, 1.82) is 0 Å². The molecule has 1 saturated heterocycles. The molecule has 7 heteroatoms. The Bertz CT molecular complexity index is 740. The van der Waals surface area contributed by atoms with Crippen molar-refractivity contribution in [3.8, 4) is 0 Å². The Hall–Kier alpha value is -2.64. The summed E-state index contributed by atoms with van der Waals surface area (Å²) in [7, 11) is 3.81. The van der Waals surface area contributed by atoms with Gasteiger partial charge in [-0.2, -0.15) is 0 Å². The summed E-state index contributed by atoms with van der Waals surface area (Å²) in [6, 6.07) is 12.0. The highest BCUT2D eigenvalue weighted by molar-refractivity contribution is 5.92. The molecule has 2 N–H and O–H groups in total. The largest absolute Gasteiger partial charge is 0.385 e. The molecule has 28 heavy (non-hydrogen) atoms. The number of aromatic nitrogens is 1. The van der Waals surface area contributed by atoms with Crippen LogP contribution in [0.25, 0.3) is 0 Å². The minimum Gasteiger partial charge on any atom is -0.385 e. The van der Waals surface area contributed by atoms with E-state index in [2.05, 4.69) is 56.7 Å². The van der Waals surface area contributed by atoms with Gasteiger partial charge in [0.05, 0.1) is 11.9 Å². The number of ether oxygens (including phenoxy) is 1. The van der Waals surface area contributed by atoms with Gasteiger partial charge < -0.3 is 25.2 Å². The Morgan fingerprint density at radius 2 is 1.79 bits per heavy atom. The average Bonchev–Trinajstić information content (AvgIpc) is 2.73. The lowest BCUT2D eigenvalue weighted by atomic mass is 10.2. The average molecular weight is 383 g/mol. The molecule has 2 aromatic rings. The number of hydrogen-bond acceptors (Lipinski definition) is 6. The van der Waals surface area contributed by atoms with Crippen molar-refractivity contribution in [2.24, 2.45) is 0 Å². The maximum absolute atomic E-state index is 12.0. The van der Waals surface area contributed by atoms with E-state index in [0.29, 0.717) is 18.8 Å². The molecule has 150 valence electrons. The SMILES string of the molecule is COCCCNC(=O)c1ccc(Nc2ccc(N3CCN(C)CC3)cc2)cn1. The highest BCUT2D eigenvalue weighted by Crippen LogP contribution is 2.22. The lowest BCUT2D eigenvalue weighted by molar-refractivity contribution is 0.0943. The van der Waals surface area contributed by atoms with E-state index in [1.165, 1.54) is 5.69 Å². The molecule has 1 amide bonds. The van der Waals surface area contributed by atoms with Gasteiger partial charge in [-0.25, -0.2) is 4.98 Å². The van der Waals surface area contributed by atoms with Crippen molar-refractivity contribution < 1.29 is 9.53 Å². The van der Waals surface area contributed by atoms with Crippen molar-refractivity contribution in [2.45, 2.75) is 6.42 Å². The summed E-state index contributed by atoms with van der Waals surface area (Å²) in [5.74, 6) is -0.167. The third-order valence-electron chi connectivity index (χ3n) is 4.83. The Morgan fingerprint density at radius 1 is 1.07 bits per heavy atom. The molecule has 0 radical (unpaired) electrons. The predicted octanol–water partition coefficient (Wildman–Crippen LogP) is 2.34. The molecule has 1 aliphatic heterocycles. The van der Waals surface area contributed by atoms with Gasteiger partial charge in [-0.05, 0) is 49.9 Å². The van der Waals surface area contributed by atoms with Crippen LogP contribution in [0.1, 0.15) is 16.9 Å². The van der Waals surface area contributed by atoms with Crippen molar-refractivity contribution in [3.05, 3.63) is 48.3 Å². The second kappa shape index (κ2) is 10.1. The fourth-order valence-electron chi connectivity index (χ4n) is 3.10. The Labute approximate surface area is 166 Å². The summed E-state index contributed by atoms with van der Waals surface area (Å²) >= 11 is 0. The number of carbonyl (C=O) groups excluding carboxylic acids is 1. The standard InChI is InChI=1S/C21H29N5O2/c1-25-11-13-26(14-12-25)19-7-4-17(5-8-19)24-18-6-9-20(23-16-18)21(27)22-10-3-15-28-2/h4-9,16,24H,3,10-15H2,1-2H3,(H,22,27). The lowest BCUT2D eigenvalue weighted by Crippen LogP contribution is -2.44. The zero-order valence-corrected chi connectivity index (χ0v) is 16.6. The van der Waals surface area contributed by atoms with Crippen LogP contribution in [0.3, 0.4) is 0 Å². The molecule has 0 bridgehead atoms. The fraction of sp³-hybridized carbons (Fsp3) is 0.429. The first-order valence-electron chi connectivity index (χ1n) is 9.69. The van der Waals surface area contributed by atoms with Crippen LogP contribution in [0.5, 0.6) is 0 Å². The van der Waals surface area contributed by atoms with Gasteiger partial charge in [-0.3, -0.25) is 4.79 Å².